The van der Waals surface area contributed by atoms with Crippen molar-refractivity contribution in [1.29, 1.82) is 0 Å². The molecule has 1 aliphatic rings. The third-order valence-corrected chi connectivity index (χ3v) is 4.54. The van der Waals surface area contributed by atoms with Crippen LogP contribution in [-0.2, 0) is 16.1 Å². The Kier molecular flexibility index (Phi) is 5.69. The Hall–Kier alpha value is -2.49. The number of fused-ring (bicyclic) bond motifs is 1. The van der Waals surface area contributed by atoms with Gasteiger partial charge >= 0.3 is 6.09 Å². The number of nitrogens with one attached hydrogen (secondary N) is 2. The number of hydrogen-bond donors (Lipinski definition) is 2. The standard InChI is InChI=1S/C18H22BrN5O4/c1-18(2,3)28-17(27)24(8-11-4-5-14(25)21-11)9-13-22-15-12(16(26)23-13)6-10(19)7-20-15/h6-7,11H,4-5,8-9H2,1-3H3,(H,21,25)(H,20,22,23,26)/t11-/m0/s1. The lowest BCUT2D eigenvalue weighted by atomic mass is 10.2. The summed E-state index contributed by atoms with van der Waals surface area (Å²) in [5.74, 6) is 0.253. The van der Waals surface area contributed by atoms with Gasteiger partial charge in [-0.2, -0.15) is 4.98 Å². The predicted octanol–water partition coefficient (Wildman–Crippen LogP) is 2.10. The van der Waals surface area contributed by atoms with E-state index in [-0.39, 0.29) is 25.0 Å². The van der Waals surface area contributed by atoms with Crippen LogP contribution in [0.3, 0.4) is 0 Å². The van der Waals surface area contributed by atoms with Gasteiger partial charge in [0.2, 0.25) is 5.91 Å². The average molecular weight is 452 g/mol. The molecule has 0 aliphatic carbocycles. The molecule has 1 atom stereocenters. The lowest BCUT2D eigenvalue weighted by Crippen LogP contribution is -2.44. The summed E-state index contributed by atoms with van der Waals surface area (Å²) in [4.78, 5) is 49.2. The second-order valence-electron chi connectivity index (χ2n) is 7.70. The molecule has 0 aromatic carbocycles. The topological polar surface area (TPSA) is 117 Å². The summed E-state index contributed by atoms with van der Waals surface area (Å²) in [6.45, 7) is 5.62. The van der Waals surface area contributed by atoms with E-state index < -0.39 is 17.3 Å². The minimum absolute atomic E-state index is 0.0320. The fourth-order valence-corrected chi connectivity index (χ4v) is 3.25. The molecule has 2 amide bonds. The molecule has 2 aromatic rings. The van der Waals surface area contributed by atoms with Crippen molar-refractivity contribution < 1.29 is 14.3 Å². The van der Waals surface area contributed by atoms with Gasteiger partial charge in [0.15, 0.2) is 0 Å². The van der Waals surface area contributed by atoms with Crippen LogP contribution in [0.5, 0.6) is 0 Å². The zero-order valence-electron chi connectivity index (χ0n) is 15.9. The summed E-state index contributed by atoms with van der Waals surface area (Å²) >= 11 is 3.28. The highest BCUT2D eigenvalue weighted by Gasteiger charge is 2.29. The molecule has 28 heavy (non-hydrogen) atoms. The van der Waals surface area contributed by atoms with E-state index in [1.807, 2.05) is 0 Å². The van der Waals surface area contributed by atoms with Gasteiger partial charge in [-0.25, -0.2) is 9.78 Å². The largest absolute Gasteiger partial charge is 0.444 e. The Balaban J connectivity index is 1.86. The summed E-state index contributed by atoms with van der Waals surface area (Å²) in [6.07, 6.45) is 2.09. The Morgan fingerprint density at radius 1 is 1.39 bits per heavy atom. The number of ether oxygens (including phenoxy) is 1. The third kappa shape index (κ3) is 5.06. The van der Waals surface area contributed by atoms with Crippen molar-refractivity contribution in [2.75, 3.05) is 6.54 Å². The lowest BCUT2D eigenvalue weighted by molar-refractivity contribution is -0.119. The van der Waals surface area contributed by atoms with Gasteiger partial charge < -0.3 is 15.0 Å². The molecule has 150 valence electrons. The molecule has 0 saturated carbocycles. The van der Waals surface area contributed by atoms with Crippen LogP contribution >= 0.6 is 15.9 Å². The number of carbonyl (C=O) groups is 2. The van der Waals surface area contributed by atoms with Gasteiger partial charge in [-0.05, 0) is 49.2 Å². The van der Waals surface area contributed by atoms with E-state index >= 15 is 0 Å². The molecule has 1 aliphatic heterocycles. The van der Waals surface area contributed by atoms with Crippen LogP contribution in [0.15, 0.2) is 21.5 Å². The quantitative estimate of drug-likeness (QED) is 0.734. The van der Waals surface area contributed by atoms with Gasteiger partial charge in [0.1, 0.15) is 17.1 Å². The number of H-pyrrole nitrogens is 1. The highest BCUT2D eigenvalue weighted by molar-refractivity contribution is 9.10. The van der Waals surface area contributed by atoms with E-state index in [4.69, 9.17) is 4.74 Å². The minimum atomic E-state index is -0.674. The van der Waals surface area contributed by atoms with Crippen molar-refractivity contribution in [3.05, 3.63) is 32.9 Å². The molecule has 10 heteroatoms. The number of aromatic amines is 1. The van der Waals surface area contributed by atoms with E-state index in [1.54, 1.807) is 33.0 Å². The van der Waals surface area contributed by atoms with E-state index in [9.17, 15) is 14.4 Å². The molecule has 3 heterocycles. The van der Waals surface area contributed by atoms with E-state index in [0.29, 0.717) is 34.2 Å². The van der Waals surface area contributed by atoms with Gasteiger partial charge in [0.05, 0.1) is 11.9 Å². The first kappa shape index (κ1) is 20.2. The zero-order valence-corrected chi connectivity index (χ0v) is 17.5. The van der Waals surface area contributed by atoms with Gasteiger partial charge in [-0.15, -0.1) is 0 Å². The molecule has 0 bridgehead atoms. The van der Waals surface area contributed by atoms with Crippen LogP contribution in [0, 0.1) is 0 Å². The number of pyridine rings is 1. The number of carbonyl (C=O) groups excluding carboxylic acids is 2. The van der Waals surface area contributed by atoms with Crippen molar-refractivity contribution in [1.82, 2.24) is 25.2 Å². The lowest BCUT2D eigenvalue weighted by Gasteiger charge is -2.28. The second kappa shape index (κ2) is 7.86. The fourth-order valence-electron chi connectivity index (χ4n) is 2.92. The monoisotopic (exact) mass is 451 g/mol. The molecule has 3 rings (SSSR count). The van der Waals surface area contributed by atoms with Crippen LogP contribution in [0.25, 0.3) is 11.0 Å². The normalized spacial score (nSPS) is 16.9. The van der Waals surface area contributed by atoms with E-state index in [0.717, 1.165) is 0 Å². The average Bonchev–Trinajstić information content (AvgIpc) is 2.98. The number of amides is 2. The summed E-state index contributed by atoms with van der Waals surface area (Å²) in [5.41, 5.74) is -0.723. The molecule has 0 unspecified atom stereocenters. The maximum absolute atomic E-state index is 12.7. The highest BCUT2D eigenvalue weighted by Crippen LogP contribution is 2.16. The number of halogens is 1. The molecule has 1 saturated heterocycles. The smallest absolute Gasteiger partial charge is 0.410 e. The number of aromatic nitrogens is 3. The van der Waals surface area contributed by atoms with Gasteiger partial charge in [-0.1, -0.05) is 0 Å². The summed E-state index contributed by atoms with van der Waals surface area (Å²) in [5, 5.41) is 3.19. The second-order valence-corrected chi connectivity index (χ2v) is 8.62. The Labute approximate surface area is 170 Å². The van der Waals surface area contributed by atoms with Crippen LogP contribution in [0.2, 0.25) is 0 Å². The maximum Gasteiger partial charge on any atom is 0.410 e. The molecule has 0 radical (unpaired) electrons. The van der Waals surface area contributed by atoms with Crippen molar-refractivity contribution in [2.45, 2.75) is 51.8 Å². The zero-order chi connectivity index (χ0) is 20.5. The Morgan fingerprint density at radius 3 is 2.79 bits per heavy atom. The third-order valence-electron chi connectivity index (χ3n) is 4.10. The first-order valence-corrected chi connectivity index (χ1v) is 9.72. The van der Waals surface area contributed by atoms with Crippen molar-refractivity contribution >= 4 is 39.0 Å². The molecule has 9 nitrogen and oxygen atoms in total. The Morgan fingerprint density at radius 2 is 2.14 bits per heavy atom. The summed E-state index contributed by atoms with van der Waals surface area (Å²) < 4.78 is 6.15. The van der Waals surface area contributed by atoms with Crippen LogP contribution in [-0.4, -0.2) is 50.0 Å². The van der Waals surface area contributed by atoms with Crippen molar-refractivity contribution in [3.8, 4) is 0 Å². The molecular weight excluding hydrogens is 430 g/mol. The molecule has 2 aromatic heterocycles. The van der Waals surface area contributed by atoms with Crippen LogP contribution < -0.4 is 10.9 Å². The summed E-state index contributed by atoms with van der Waals surface area (Å²) in [7, 11) is 0. The maximum atomic E-state index is 12.7. The highest BCUT2D eigenvalue weighted by atomic mass is 79.9. The SMILES string of the molecule is CC(C)(C)OC(=O)N(Cc1nc(=O)c2cc(Br)cnc2[nH]1)C[C@@H]1CCC(=O)N1. The van der Waals surface area contributed by atoms with Crippen molar-refractivity contribution in [2.24, 2.45) is 0 Å². The van der Waals surface area contributed by atoms with Gasteiger partial charge in [0, 0.05) is 29.7 Å². The number of hydrogen-bond acceptors (Lipinski definition) is 6. The first-order valence-electron chi connectivity index (χ1n) is 8.92. The number of nitrogens with zero attached hydrogens (tertiary/aromatic N) is 3. The van der Waals surface area contributed by atoms with E-state index in [2.05, 4.69) is 36.2 Å². The van der Waals surface area contributed by atoms with Crippen molar-refractivity contribution in [3.63, 3.8) is 0 Å². The van der Waals surface area contributed by atoms with Gasteiger partial charge in [0.25, 0.3) is 5.56 Å². The minimum Gasteiger partial charge on any atom is -0.444 e. The van der Waals surface area contributed by atoms with Crippen LogP contribution in [0.1, 0.15) is 39.4 Å². The molecule has 1 fully saturated rings. The van der Waals surface area contributed by atoms with Gasteiger partial charge in [-0.3, -0.25) is 14.5 Å². The molecule has 2 N–H and O–H groups in total. The predicted molar refractivity (Wildman–Crippen MR) is 106 cm³/mol. The molecule has 0 spiro atoms. The fraction of sp³-hybridized carbons (Fsp3) is 0.500. The number of rotatable bonds is 4. The summed E-state index contributed by atoms with van der Waals surface area (Å²) in [6, 6.07) is 1.47. The Bertz CT molecular complexity index is 969. The van der Waals surface area contributed by atoms with E-state index in [1.165, 1.54) is 4.90 Å². The van der Waals surface area contributed by atoms with Crippen LogP contribution in [0.4, 0.5) is 4.79 Å². The molecular formula is C18H22BrN5O4. The first-order chi connectivity index (χ1) is 13.1.